The summed E-state index contributed by atoms with van der Waals surface area (Å²) < 4.78 is 19.2. The maximum atomic E-state index is 14.3. The number of hydrogen-bond donors (Lipinski definition) is 6. The number of ether oxygens (including phenoxy) is 1. The Morgan fingerprint density at radius 3 is 2.31 bits per heavy atom. The van der Waals surface area contributed by atoms with Crippen LogP contribution in [-0.2, 0) is 0 Å². The van der Waals surface area contributed by atoms with Crippen molar-refractivity contribution in [2.45, 2.75) is 0 Å². The van der Waals surface area contributed by atoms with Crippen molar-refractivity contribution in [1.29, 1.82) is 0 Å². The van der Waals surface area contributed by atoms with E-state index in [4.69, 9.17) is 21.9 Å². The fourth-order valence-electron chi connectivity index (χ4n) is 3.16. The number of nitrogen functional groups attached to an aromatic ring is 3. The fraction of sp³-hybridized carbons (Fsp3) is 0.0588. The summed E-state index contributed by atoms with van der Waals surface area (Å²) in [4.78, 5) is 40.7. The molecule has 0 atom stereocenters. The topological polar surface area (TPSA) is 195 Å². The lowest BCUT2D eigenvalue weighted by molar-refractivity contribution is 0.386. The number of benzene rings is 1. The van der Waals surface area contributed by atoms with Gasteiger partial charge in [-0.25, -0.2) is 4.39 Å². The molecule has 0 radical (unpaired) electrons. The number of halogens is 1. The van der Waals surface area contributed by atoms with Crippen LogP contribution in [0.1, 0.15) is 0 Å². The van der Waals surface area contributed by atoms with Crippen LogP contribution in [0, 0.1) is 5.82 Å². The number of aromatic amines is 3. The molecule has 1 aromatic carbocycles. The molecule has 9 N–H and O–H groups in total. The highest BCUT2D eigenvalue weighted by Crippen LogP contribution is 2.37. The van der Waals surface area contributed by atoms with Gasteiger partial charge in [-0.1, -0.05) is 0 Å². The maximum Gasteiger partial charge on any atom is 0.262 e. The minimum atomic E-state index is -0.678. The Balaban J connectivity index is 2.15. The van der Waals surface area contributed by atoms with Gasteiger partial charge in [-0.15, -0.1) is 0 Å². The Labute approximate surface area is 160 Å². The van der Waals surface area contributed by atoms with Gasteiger partial charge in [0, 0.05) is 11.1 Å². The molecular weight excluding hydrogens is 383 g/mol. The smallest absolute Gasteiger partial charge is 0.262 e. The van der Waals surface area contributed by atoms with Crippen molar-refractivity contribution in [1.82, 2.24) is 24.9 Å². The fourth-order valence-corrected chi connectivity index (χ4v) is 3.16. The molecule has 0 amide bonds. The molecule has 0 aliphatic carbocycles. The van der Waals surface area contributed by atoms with E-state index in [1.807, 2.05) is 0 Å². The summed E-state index contributed by atoms with van der Waals surface area (Å²) in [6.07, 6.45) is 0. The van der Waals surface area contributed by atoms with Crippen molar-refractivity contribution in [3.63, 3.8) is 0 Å². The molecule has 0 aliphatic heterocycles. The number of rotatable bonds is 3. The van der Waals surface area contributed by atoms with Gasteiger partial charge in [0.05, 0.1) is 23.8 Å². The molecule has 0 unspecified atom stereocenters. The number of methoxy groups -OCH3 is 1. The van der Waals surface area contributed by atoms with Crippen molar-refractivity contribution in [3.05, 3.63) is 44.7 Å². The Morgan fingerprint density at radius 1 is 0.966 bits per heavy atom. The summed E-state index contributed by atoms with van der Waals surface area (Å²) in [6.45, 7) is 0. The van der Waals surface area contributed by atoms with E-state index in [-0.39, 0.29) is 51.3 Å². The number of aromatic nitrogens is 5. The van der Waals surface area contributed by atoms with Crippen LogP contribution >= 0.6 is 0 Å². The predicted octanol–water partition coefficient (Wildman–Crippen LogP) is 0.563. The third-order valence-electron chi connectivity index (χ3n) is 4.34. The molecule has 11 nitrogen and oxygen atoms in total. The minimum Gasteiger partial charge on any atom is -0.494 e. The molecule has 12 heteroatoms. The highest BCUT2D eigenvalue weighted by molar-refractivity contribution is 6.04. The largest absolute Gasteiger partial charge is 0.494 e. The Kier molecular flexibility index (Phi) is 3.96. The van der Waals surface area contributed by atoms with E-state index >= 15 is 0 Å². The molecule has 0 saturated carbocycles. The number of H-pyrrole nitrogens is 3. The molecule has 0 fully saturated rings. The van der Waals surface area contributed by atoms with Gasteiger partial charge in [-0.05, 0) is 18.2 Å². The molecule has 3 heterocycles. The zero-order valence-corrected chi connectivity index (χ0v) is 15.0. The first-order chi connectivity index (χ1) is 13.8. The van der Waals surface area contributed by atoms with E-state index in [0.717, 1.165) is 0 Å². The minimum absolute atomic E-state index is 0.00852. The lowest BCUT2D eigenvalue weighted by Gasteiger charge is -2.09. The maximum absolute atomic E-state index is 14.3. The lowest BCUT2D eigenvalue weighted by atomic mass is 10.0. The summed E-state index contributed by atoms with van der Waals surface area (Å²) in [5.74, 6) is -1.16. The Bertz CT molecular complexity index is 1390. The highest BCUT2D eigenvalue weighted by atomic mass is 19.1. The summed E-state index contributed by atoms with van der Waals surface area (Å²) in [6, 6.07) is 4.13. The summed E-state index contributed by atoms with van der Waals surface area (Å²) >= 11 is 0. The normalized spacial score (nSPS) is 11.1. The van der Waals surface area contributed by atoms with Crippen molar-refractivity contribution in [2.75, 3.05) is 24.3 Å². The zero-order chi connectivity index (χ0) is 20.9. The van der Waals surface area contributed by atoms with E-state index < -0.39 is 16.9 Å². The monoisotopic (exact) mass is 398 g/mol. The first kappa shape index (κ1) is 18.0. The van der Waals surface area contributed by atoms with Gasteiger partial charge in [0.25, 0.3) is 11.1 Å². The summed E-state index contributed by atoms with van der Waals surface area (Å²) in [5, 5.41) is 0.00852. The predicted molar refractivity (Wildman–Crippen MR) is 106 cm³/mol. The number of fused-ring (bicyclic) bond motifs is 1. The molecule has 0 aliphatic rings. The second-order valence-corrected chi connectivity index (χ2v) is 6.11. The van der Waals surface area contributed by atoms with Crippen molar-refractivity contribution < 1.29 is 9.13 Å². The Morgan fingerprint density at radius 2 is 1.66 bits per heavy atom. The molecule has 0 saturated heterocycles. The summed E-state index contributed by atoms with van der Waals surface area (Å²) in [5.41, 5.74) is 16.4. The van der Waals surface area contributed by atoms with Crippen LogP contribution < -0.4 is 33.1 Å². The van der Waals surface area contributed by atoms with Gasteiger partial charge >= 0.3 is 0 Å². The van der Waals surface area contributed by atoms with Gasteiger partial charge < -0.3 is 26.9 Å². The molecule has 4 rings (SSSR count). The average molecular weight is 398 g/mol. The van der Waals surface area contributed by atoms with Crippen LogP contribution in [0.15, 0.2) is 27.8 Å². The van der Waals surface area contributed by atoms with Crippen LogP contribution in [-0.4, -0.2) is 32.0 Å². The third-order valence-corrected chi connectivity index (χ3v) is 4.34. The average Bonchev–Trinajstić information content (AvgIpc) is 3.00. The van der Waals surface area contributed by atoms with E-state index in [0.29, 0.717) is 5.56 Å². The van der Waals surface area contributed by atoms with E-state index in [9.17, 15) is 14.0 Å². The first-order valence-electron chi connectivity index (χ1n) is 8.21. The van der Waals surface area contributed by atoms with Crippen molar-refractivity contribution >= 4 is 28.7 Å². The molecule has 29 heavy (non-hydrogen) atoms. The SMILES string of the molecule is COc1ccc(-c2[nH]c3nc(N)[nH]c(=O)c3c2-c2c(N)nc(N)[nH]c2=O)cc1F. The molecule has 3 aromatic heterocycles. The third kappa shape index (κ3) is 2.82. The van der Waals surface area contributed by atoms with Gasteiger partial charge in [0.15, 0.2) is 11.6 Å². The number of nitrogens with two attached hydrogens (primary N) is 3. The standard InChI is InChI=1S/C17H15FN8O3/c1-29-7-3-2-5(4-6(7)18)11-8(9-12(19)23-16(20)25-14(9)27)10-13(22-11)24-17(21)26-15(10)28/h2-4H,1H3,(H5,19,20,23,25,27)(H4,21,22,24,26,28). The number of anilines is 3. The van der Waals surface area contributed by atoms with Gasteiger partial charge in [-0.3, -0.25) is 19.6 Å². The molecule has 4 aromatic rings. The van der Waals surface area contributed by atoms with Gasteiger partial charge in [0.1, 0.15) is 11.5 Å². The highest BCUT2D eigenvalue weighted by Gasteiger charge is 2.24. The first-order valence-corrected chi connectivity index (χ1v) is 8.21. The van der Waals surface area contributed by atoms with Crippen molar-refractivity contribution in [2.24, 2.45) is 0 Å². The van der Waals surface area contributed by atoms with E-state index in [2.05, 4.69) is 24.9 Å². The van der Waals surface area contributed by atoms with Crippen LogP contribution in [0.25, 0.3) is 33.4 Å². The van der Waals surface area contributed by atoms with Crippen LogP contribution in [0.4, 0.5) is 22.1 Å². The Hall–Kier alpha value is -4.35. The second-order valence-electron chi connectivity index (χ2n) is 6.11. The van der Waals surface area contributed by atoms with Gasteiger partial charge in [0.2, 0.25) is 11.9 Å². The quantitative estimate of drug-likeness (QED) is 0.288. The lowest BCUT2D eigenvalue weighted by Crippen LogP contribution is -2.18. The molecule has 0 bridgehead atoms. The molecule has 148 valence electrons. The molecule has 0 spiro atoms. The van der Waals surface area contributed by atoms with Crippen LogP contribution in [0.2, 0.25) is 0 Å². The number of hydrogen-bond acceptors (Lipinski definition) is 8. The van der Waals surface area contributed by atoms with Crippen LogP contribution in [0.3, 0.4) is 0 Å². The second kappa shape index (κ2) is 6.37. The van der Waals surface area contributed by atoms with E-state index in [1.54, 1.807) is 6.07 Å². The zero-order valence-electron chi connectivity index (χ0n) is 15.0. The van der Waals surface area contributed by atoms with Gasteiger partial charge in [-0.2, -0.15) is 9.97 Å². The van der Waals surface area contributed by atoms with E-state index in [1.165, 1.54) is 19.2 Å². The summed E-state index contributed by atoms with van der Waals surface area (Å²) in [7, 11) is 1.33. The van der Waals surface area contributed by atoms with Crippen LogP contribution in [0.5, 0.6) is 5.75 Å². The van der Waals surface area contributed by atoms with Crippen molar-refractivity contribution in [3.8, 4) is 28.1 Å². The number of nitrogens with zero attached hydrogens (tertiary/aromatic N) is 2. The number of nitrogens with one attached hydrogen (secondary N) is 3. The molecular formula is C17H15FN8O3.